The summed E-state index contributed by atoms with van der Waals surface area (Å²) in [6, 6.07) is 14.9. The van der Waals surface area contributed by atoms with Crippen molar-refractivity contribution in [3.8, 4) is 0 Å². The van der Waals surface area contributed by atoms with Crippen molar-refractivity contribution in [1.82, 2.24) is 15.2 Å². The Labute approximate surface area is 144 Å². The molecule has 0 spiro atoms. The maximum atomic E-state index is 12.9. The number of benzene rings is 1. The van der Waals surface area contributed by atoms with Crippen molar-refractivity contribution in [3.05, 3.63) is 77.9 Å². The minimum Gasteiger partial charge on any atom is -0.363 e. The molecular formula is C18H16FN5O. The Hall–Kier alpha value is -3.35. The van der Waals surface area contributed by atoms with Crippen LogP contribution in [0.15, 0.2) is 60.8 Å². The van der Waals surface area contributed by atoms with Gasteiger partial charge in [-0.1, -0.05) is 18.2 Å². The van der Waals surface area contributed by atoms with Crippen LogP contribution in [0, 0.1) is 5.82 Å². The van der Waals surface area contributed by atoms with Crippen molar-refractivity contribution in [2.75, 3.05) is 10.6 Å². The second-order valence-electron chi connectivity index (χ2n) is 5.33. The minimum absolute atomic E-state index is 0.141. The van der Waals surface area contributed by atoms with Gasteiger partial charge in [-0.3, -0.25) is 9.78 Å². The maximum Gasteiger partial charge on any atom is 0.229 e. The van der Waals surface area contributed by atoms with Gasteiger partial charge in [0.2, 0.25) is 5.91 Å². The number of halogens is 1. The molecule has 0 aliphatic heterocycles. The normalized spacial score (nSPS) is 10.3. The van der Waals surface area contributed by atoms with E-state index in [2.05, 4.69) is 25.8 Å². The predicted octanol–water partition coefficient (Wildman–Crippen LogP) is 2.80. The summed E-state index contributed by atoms with van der Waals surface area (Å²) in [6.07, 6.45) is 1.87. The van der Waals surface area contributed by atoms with Gasteiger partial charge in [-0.25, -0.2) is 4.39 Å². The third-order valence-corrected chi connectivity index (χ3v) is 3.39. The highest BCUT2D eigenvalue weighted by Crippen LogP contribution is 2.09. The molecule has 2 aromatic heterocycles. The number of carbonyl (C=O) groups is 1. The molecule has 3 aromatic rings. The molecule has 0 bridgehead atoms. The highest BCUT2D eigenvalue weighted by Gasteiger charge is 2.06. The lowest BCUT2D eigenvalue weighted by Gasteiger charge is -2.06. The molecular weight excluding hydrogens is 321 g/mol. The SMILES string of the molecule is O=C(Cc1ccc(F)cc1)Nc1ccc(NCc2ccccn2)nn1. The van der Waals surface area contributed by atoms with E-state index in [9.17, 15) is 9.18 Å². The summed E-state index contributed by atoms with van der Waals surface area (Å²) in [6.45, 7) is 0.534. The molecule has 0 aliphatic carbocycles. The van der Waals surface area contributed by atoms with E-state index in [1.54, 1.807) is 30.5 Å². The van der Waals surface area contributed by atoms with Crippen molar-refractivity contribution in [2.24, 2.45) is 0 Å². The van der Waals surface area contributed by atoms with Crippen molar-refractivity contribution < 1.29 is 9.18 Å². The largest absolute Gasteiger partial charge is 0.363 e. The standard InChI is InChI=1S/C18H16FN5O/c19-14-6-4-13(5-7-14)11-18(25)22-17-9-8-16(23-24-17)21-12-15-3-1-2-10-20-15/h1-10H,11-12H2,(H,21,23)(H,22,24,25). The molecule has 0 saturated heterocycles. The van der Waals surface area contributed by atoms with Crippen LogP contribution in [0.25, 0.3) is 0 Å². The Bertz CT molecular complexity index is 822. The van der Waals surface area contributed by atoms with E-state index in [0.29, 0.717) is 18.2 Å². The highest BCUT2D eigenvalue weighted by molar-refractivity contribution is 5.91. The summed E-state index contributed by atoms with van der Waals surface area (Å²) in [4.78, 5) is 16.2. The number of hydrogen-bond acceptors (Lipinski definition) is 5. The monoisotopic (exact) mass is 337 g/mol. The topological polar surface area (TPSA) is 79.8 Å². The first-order valence-electron chi connectivity index (χ1n) is 7.71. The number of nitrogens with zero attached hydrogens (tertiary/aromatic N) is 3. The van der Waals surface area contributed by atoms with E-state index in [1.807, 2.05) is 18.2 Å². The number of anilines is 2. The van der Waals surface area contributed by atoms with Gasteiger partial charge in [0.25, 0.3) is 0 Å². The van der Waals surface area contributed by atoms with Gasteiger partial charge in [0, 0.05) is 6.20 Å². The van der Waals surface area contributed by atoms with Crippen molar-refractivity contribution >= 4 is 17.5 Å². The number of carbonyl (C=O) groups excluding carboxylic acids is 1. The third-order valence-electron chi connectivity index (χ3n) is 3.39. The fourth-order valence-corrected chi connectivity index (χ4v) is 2.15. The van der Waals surface area contributed by atoms with E-state index >= 15 is 0 Å². The zero-order chi connectivity index (χ0) is 17.5. The maximum absolute atomic E-state index is 12.9. The fraction of sp³-hybridized carbons (Fsp3) is 0.111. The molecule has 126 valence electrons. The van der Waals surface area contributed by atoms with E-state index in [-0.39, 0.29) is 18.1 Å². The highest BCUT2D eigenvalue weighted by atomic mass is 19.1. The van der Waals surface area contributed by atoms with E-state index in [4.69, 9.17) is 0 Å². The van der Waals surface area contributed by atoms with Gasteiger partial charge in [0.15, 0.2) is 5.82 Å². The molecule has 7 heteroatoms. The number of aromatic nitrogens is 3. The summed E-state index contributed by atoms with van der Waals surface area (Å²) >= 11 is 0. The average Bonchev–Trinajstić information content (AvgIpc) is 2.64. The Morgan fingerprint density at radius 2 is 1.72 bits per heavy atom. The van der Waals surface area contributed by atoms with Gasteiger partial charge >= 0.3 is 0 Å². The summed E-state index contributed by atoms with van der Waals surface area (Å²) in [5.74, 6) is 0.372. The van der Waals surface area contributed by atoms with Crippen LogP contribution in [0.1, 0.15) is 11.3 Å². The molecule has 0 saturated carbocycles. The van der Waals surface area contributed by atoms with Crippen LogP contribution >= 0.6 is 0 Å². The van der Waals surface area contributed by atoms with Gasteiger partial charge in [0.05, 0.1) is 18.7 Å². The molecule has 0 radical (unpaired) electrons. The molecule has 1 amide bonds. The third kappa shape index (κ3) is 5.07. The summed E-state index contributed by atoms with van der Waals surface area (Å²) < 4.78 is 12.9. The van der Waals surface area contributed by atoms with Gasteiger partial charge in [-0.2, -0.15) is 0 Å². The first-order chi connectivity index (χ1) is 12.2. The van der Waals surface area contributed by atoms with Crippen LogP contribution in [-0.2, 0) is 17.8 Å². The van der Waals surface area contributed by atoms with E-state index in [0.717, 1.165) is 11.3 Å². The molecule has 0 fully saturated rings. The smallest absolute Gasteiger partial charge is 0.229 e. The lowest BCUT2D eigenvalue weighted by Crippen LogP contribution is -2.16. The lowest BCUT2D eigenvalue weighted by atomic mass is 10.1. The number of hydrogen-bond donors (Lipinski definition) is 2. The zero-order valence-electron chi connectivity index (χ0n) is 13.3. The molecule has 1 aromatic carbocycles. The van der Waals surface area contributed by atoms with Gasteiger partial charge in [-0.05, 0) is 42.0 Å². The number of pyridine rings is 1. The Morgan fingerprint density at radius 1 is 0.960 bits per heavy atom. The average molecular weight is 337 g/mol. The second kappa shape index (κ2) is 7.96. The van der Waals surface area contributed by atoms with Crippen LogP contribution < -0.4 is 10.6 Å². The van der Waals surface area contributed by atoms with Gasteiger partial charge in [0.1, 0.15) is 11.6 Å². The van der Waals surface area contributed by atoms with Crippen LogP contribution in [0.3, 0.4) is 0 Å². The van der Waals surface area contributed by atoms with Gasteiger partial charge < -0.3 is 10.6 Å². The summed E-state index contributed by atoms with van der Waals surface area (Å²) in [5, 5.41) is 13.7. The Balaban J connectivity index is 1.51. The van der Waals surface area contributed by atoms with Crippen molar-refractivity contribution in [3.63, 3.8) is 0 Å². The molecule has 3 rings (SSSR count). The number of rotatable bonds is 6. The van der Waals surface area contributed by atoms with Crippen LogP contribution in [0.5, 0.6) is 0 Å². The van der Waals surface area contributed by atoms with Gasteiger partial charge in [-0.15, -0.1) is 10.2 Å². The first kappa shape index (κ1) is 16.5. The van der Waals surface area contributed by atoms with E-state index < -0.39 is 0 Å². The lowest BCUT2D eigenvalue weighted by molar-refractivity contribution is -0.115. The van der Waals surface area contributed by atoms with Crippen LogP contribution in [0.2, 0.25) is 0 Å². The van der Waals surface area contributed by atoms with E-state index in [1.165, 1.54) is 12.1 Å². The second-order valence-corrected chi connectivity index (χ2v) is 5.33. The first-order valence-corrected chi connectivity index (χ1v) is 7.71. The minimum atomic E-state index is -0.330. The molecule has 25 heavy (non-hydrogen) atoms. The van der Waals surface area contributed by atoms with Crippen molar-refractivity contribution in [1.29, 1.82) is 0 Å². The quantitative estimate of drug-likeness (QED) is 0.723. The van der Waals surface area contributed by atoms with Crippen LogP contribution in [-0.4, -0.2) is 21.1 Å². The molecule has 2 heterocycles. The fourth-order valence-electron chi connectivity index (χ4n) is 2.15. The molecule has 0 aliphatic rings. The Kier molecular flexibility index (Phi) is 5.26. The molecule has 6 nitrogen and oxygen atoms in total. The molecule has 0 unspecified atom stereocenters. The van der Waals surface area contributed by atoms with Crippen molar-refractivity contribution in [2.45, 2.75) is 13.0 Å². The molecule has 0 atom stereocenters. The number of amides is 1. The summed E-state index contributed by atoms with van der Waals surface area (Å²) in [7, 11) is 0. The predicted molar refractivity (Wildman–Crippen MR) is 92.3 cm³/mol. The number of nitrogens with one attached hydrogen (secondary N) is 2. The zero-order valence-corrected chi connectivity index (χ0v) is 13.3. The Morgan fingerprint density at radius 3 is 2.40 bits per heavy atom. The van der Waals surface area contributed by atoms with Crippen LogP contribution in [0.4, 0.5) is 16.0 Å². The summed E-state index contributed by atoms with van der Waals surface area (Å²) in [5.41, 5.74) is 1.61. The molecule has 2 N–H and O–H groups in total.